The Hall–Kier alpha value is -1.14. The zero-order valence-electron chi connectivity index (χ0n) is 14.1. The lowest BCUT2D eigenvalue weighted by Gasteiger charge is -2.29. The fourth-order valence-electron chi connectivity index (χ4n) is 3.49. The Balaban J connectivity index is 1.94. The summed E-state index contributed by atoms with van der Waals surface area (Å²) in [5.74, 6) is 4.69. The molecule has 0 bridgehead atoms. The number of unbranched alkanes of at least 4 members (excludes halogenated alkanes) is 2. The second kappa shape index (κ2) is 8.81. The highest BCUT2D eigenvalue weighted by atomic mass is 35.5. The summed E-state index contributed by atoms with van der Waals surface area (Å²) < 4.78 is 36.5. The predicted molar refractivity (Wildman–Crippen MR) is 93.2 cm³/mol. The second-order valence-electron chi connectivity index (χ2n) is 6.70. The van der Waals surface area contributed by atoms with Crippen molar-refractivity contribution in [2.24, 2.45) is 5.92 Å². The highest BCUT2D eigenvalue weighted by molar-refractivity contribution is 6.31. The molecule has 1 aliphatic carbocycles. The molecule has 0 N–H and O–H groups in total. The van der Waals surface area contributed by atoms with Crippen molar-refractivity contribution in [3.05, 3.63) is 34.3 Å². The van der Waals surface area contributed by atoms with Crippen molar-refractivity contribution < 1.29 is 13.2 Å². The van der Waals surface area contributed by atoms with Crippen LogP contribution in [-0.2, 0) is 0 Å². The minimum Gasteiger partial charge on any atom is -0.159 e. The van der Waals surface area contributed by atoms with Gasteiger partial charge >= 0.3 is 6.18 Å². The summed E-state index contributed by atoms with van der Waals surface area (Å²) in [7, 11) is 0. The normalized spacial score (nSPS) is 21.2. The van der Waals surface area contributed by atoms with Crippen molar-refractivity contribution in [1.82, 2.24) is 0 Å². The van der Waals surface area contributed by atoms with Gasteiger partial charge in [0, 0.05) is 11.5 Å². The van der Waals surface area contributed by atoms with Crippen LogP contribution in [0, 0.1) is 17.8 Å². The Bertz CT molecular complexity index is 587. The molecule has 0 atom stereocenters. The number of alkyl halides is 3. The molecule has 0 aromatic heterocycles. The van der Waals surface area contributed by atoms with E-state index in [0.717, 1.165) is 24.3 Å². The number of benzene rings is 1. The largest absolute Gasteiger partial charge is 0.458 e. The van der Waals surface area contributed by atoms with Crippen LogP contribution in [0.4, 0.5) is 13.2 Å². The summed E-state index contributed by atoms with van der Waals surface area (Å²) in [5.41, 5.74) is 1.37. The first-order valence-electron chi connectivity index (χ1n) is 8.78. The molecule has 24 heavy (non-hydrogen) atoms. The van der Waals surface area contributed by atoms with Gasteiger partial charge < -0.3 is 0 Å². The standard InChI is InChI=1S/C20H24ClF3/c1-2-3-4-5-15-6-8-16(9-7-15)18-11-10-17(19(21)14-18)12-13-20(22,23)24/h10-11,14-16H,2-9H2,1H3. The van der Waals surface area contributed by atoms with Crippen LogP contribution in [0.5, 0.6) is 0 Å². The molecule has 0 amide bonds. The van der Waals surface area contributed by atoms with Gasteiger partial charge in [0.2, 0.25) is 0 Å². The van der Waals surface area contributed by atoms with Crippen LogP contribution in [0.2, 0.25) is 5.02 Å². The third kappa shape index (κ3) is 6.06. The van der Waals surface area contributed by atoms with E-state index in [4.69, 9.17) is 11.6 Å². The Kier molecular flexibility index (Phi) is 7.04. The molecule has 1 aromatic rings. The third-order valence-electron chi connectivity index (χ3n) is 4.87. The molecule has 0 aliphatic heterocycles. The number of halogens is 4. The molecule has 0 nitrogen and oxygen atoms in total. The molecule has 0 radical (unpaired) electrons. The quantitative estimate of drug-likeness (QED) is 0.389. The van der Waals surface area contributed by atoms with Gasteiger partial charge in [-0.25, -0.2) is 0 Å². The predicted octanol–water partition coefficient (Wildman–Crippen LogP) is 7.11. The maximum absolute atomic E-state index is 12.2. The Morgan fingerprint density at radius 1 is 1.12 bits per heavy atom. The molecule has 0 spiro atoms. The van der Waals surface area contributed by atoms with Crippen molar-refractivity contribution in [3.63, 3.8) is 0 Å². The molecular weight excluding hydrogens is 333 g/mol. The second-order valence-corrected chi connectivity index (χ2v) is 7.11. The molecular formula is C20H24ClF3. The molecule has 132 valence electrons. The SMILES string of the molecule is CCCCCC1CCC(c2ccc(C#CC(F)(F)F)c(Cl)c2)CC1. The fraction of sp³-hybridized carbons (Fsp3) is 0.600. The number of rotatable bonds is 5. The lowest BCUT2D eigenvalue weighted by Crippen LogP contribution is -2.13. The average Bonchev–Trinajstić information content (AvgIpc) is 2.54. The highest BCUT2D eigenvalue weighted by Crippen LogP contribution is 2.38. The van der Waals surface area contributed by atoms with E-state index in [-0.39, 0.29) is 5.56 Å². The monoisotopic (exact) mass is 356 g/mol. The van der Waals surface area contributed by atoms with E-state index in [0.29, 0.717) is 10.9 Å². The summed E-state index contributed by atoms with van der Waals surface area (Å²) in [4.78, 5) is 0. The van der Waals surface area contributed by atoms with Gasteiger partial charge in [0.1, 0.15) is 0 Å². The fourth-order valence-corrected chi connectivity index (χ4v) is 3.73. The van der Waals surface area contributed by atoms with E-state index in [1.54, 1.807) is 12.1 Å². The van der Waals surface area contributed by atoms with Crippen LogP contribution in [0.15, 0.2) is 18.2 Å². The van der Waals surface area contributed by atoms with Gasteiger partial charge in [-0.1, -0.05) is 56.2 Å². The average molecular weight is 357 g/mol. The summed E-state index contributed by atoms with van der Waals surface area (Å²) in [6, 6.07) is 5.29. The van der Waals surface area contributed by atoms with Crippen LogP contribution in [0.1, 0.15) is 75.3 Å². The summed E-state index contributed by atoms with van der Waals surface area (Å²) in [6.45, 7) is 2.23. The molecule has 1 fully saturated rings. The summed E-state index contributed by atoms with van der Waals surface area (Å²) in [5, 5.41) is 0.314. The molecule has 0 saturated heterocycles. The first kappa shape index (κ1) is 19.2. The van der Waals surface area contributed by atoms with E-state index in [1.165, 1.54) is 44.4 Å². The molecule has 4 heteroatoms. The highest BCUT2D eigenvalue weighted by Gasteiger charge is 2.24. The van der Waals surface area contributed by atoms with Crippen LogP contribution in [0.3, 0.4) is 0 Å². The van der Waals surface area contributed by atoms with Crippen LogP contribution in [-0.4, -0.2) is 6.18 Å². The molecule has 1 saturated carbocycles. The van der Waals surface area contributed by atoms with Crippen LogP contribution in [0.25, 0.3) is 0 Å². The van der Waals surface area contributed by atoms with Crippen molar-refractivity contribution >= 4 is 11.6 Å². The van der Waals surface area contributed by atoms with Gasteiger partial charge in [-0.05, 0) is 55.2 Å². The van der Waals surface area contributed by atoms with Crippen LogP contribution < -0.4 is 0 Å². The molecule has 2 rings (SSSR count). The van der Waals surface area contributed by atoms with E-state index >= 15 is 0 Å². The van der Waals surface area contributed by atoms with Gasteiger partial charge in [-0.15, -0.1) is 0 Å². The van der Waals surface area contributed by atoms with E-state index < -0.39 is 6.18 Å². The van der Waals surface area contributed by atoms with E-state index in [9.17, 15) is 13.2 Å². The molecule has 0 unspecified atom stereocenters. The van der Waals surface area contributed by atoms with Crippen LogP contribution >= 0.6 is 11.6 Å². The Morgan fingerprint density at radius 2 is 1.83 bits per heavy atom. The third-order valence-corrected chi connectivity index (χ3v) is 5.18. The number of hydrogen-bond donors (Lipinski definition) is 0. The van der Waals surface area contributed by atoms with Gasteiger partial charge in [0.05, 0.1) is 5.02 Å². The lowest BCUT2D eigenvalue weighted by molar-refractivity contribution is -0.0696. The zero-order chi connectivity index (χ0) is 17.6. The van der Waals surface area contributed by atoms with Crippen molar-refractivity contribution in [2.75, 3.05) is 0 Å². The zero-order valence-corrected chi connectivity index (χ0v) is 14.8. The van der Waals surface area contributed by atoms with Gasteiger partial charge in [-0.3, -0.25) is 0 Å². The molecule has 0 heterocycles. The maximum Gasteiger partial charge on any atom is 0.458 e. The Morgan fingerprint density at radius 3 is 2.42 bits per heavy atom. The lowest BCUT2D eigenvalue weighted by atomic mass is 9.77. The summed E-state index contributed by atoms with van der Waals surface area (Å²) in [6.07, 6.45) is 5.49. The first-order chi connectivity index (χ1) is 11.4. The maximum atomic E-state index is 12.2. The molecule has 1 aromatic carbocycles. The summed E-state index contributed by atoms with van der Waals surface area (Å²) >= 11 is 6.12. The van der Waals surface area contributed by atoms with Gasteiger partial charge in [0.15, 0.2) is 0 Å². The van der Waals surface area contributed by atoms with E-state index in [1.807, 2.05) is 6.07 Å². The van der Waals surface area contributed by atoms with Crippen molar-refractivity contribution in [3.8, 4) is 11.8 Å². The van der Waals surface area contributed by atoms with Crippen molar-refractivity contribution in [2.45, 2.75) is 70.4 Å². The molecule has 1 aliphatic rings. The van der Waals surface area contributed by atoms with E-state index in [2.05, 4.69) is 12.8 Å². The first-order valence-corrected chi connectivity index (χ1v) is 9.16. The van der Waals surface area contributed by atoms with Gasteiger partial charge in [0.25, 0.3) is 0 Å². The van der Waals surface area contributed by atoms with Crippen molar-refractivity contribution in [1.29, 1.82) is 0 Å². The minimum atomic E-state index is -4.49. The minimum absolute atomic E-state index is 0.242. The Labute approximate surface area is 147 Å². The topological polar surface area (TPSA) is 0 Å². The van der Waals surface area contributed by atoms with Gasteiger partial charge in [-0.2, -0.15) is 13.2 Å². The smallest absolute Gasteiger partial charge is 0.159 e. The number of hydrogen-bond acceptors (Lipinski definition) is 0.